The first-order chi connectivity index (χ1) is 2.50. The Morgan fingerprint density at radius 2 is 2.33 bits per heavy atom. The molecule has 26 valence electrons. The van der Waals surface area contributed by atoms with Crippen LogP contribution in [-0.2, 0) is 0 Å². The van der Waals surface area contributed by atoms with Gasteiger partial charge in [-0.1, -0.05) is 6.26 Å². The van der Waals surface area contributed by atoms with Gasteiger partial charge in [-0.25, -0.2) is 0 Å². The molecule has 0 bridgehead atoms. The van der Waals surface area contributed by atoms with E-state index in [0.717, 1.165) is 0 Å². The van der Waals surface area contributed by atoms with E-state index in [4.69, 9.17) is 0 Å². The van der Waals surface area contributed by atoms with Crippen molar-refractivity contribution in [1.29, 1.82) is 0 Å². The van der Waals surface area contributed by atoms with E-state index in [1.165, 1.54) is 0 Å². The maximum Gasteiger partial charge on any atom is 1.00 e. The van der Waals surface area contributed by atoms with Gasteiger partial charge in [0.2, 0.25) is 0 Å². The smallest absolute Gasteiger partial charge is 0.599 e. The molecule has 0 atom stereocenters. The molecule has 1 aromatic heterocycles. The van der Waals surface area contributed by atoms with Gasteiger partial charge in [0.1, 0.15) is 0 Å². The van der Waals surface area contributed by atoms with Crippen LogP contribution in [0.1, 0.15) is 0 Å². The minimum absolute atomic E-state index is 0. The Morgan fingerprint density at radius 1 is 1.50 bits per heavy atom. The predicted octanol–water partition coefficient (Wildman–Crippen LogP) is -1.92. The van der Waals surface area contributed by atoms with Crippen molar-refractivity contribution in [2.45, 2.75) is 0 Å². The first kappa shape index (κ1) is 6.28. The summed E-state index contributed by atoms with van der Waals surface area (Å²) in [7, 11) is 0. The van der Waals surface area contributed by atoms with E-state index < -0.39 is 0 Å². The third-order valence-electron chi connectivity index (χ3n) is 0.379. The Bertz CT molecular complexity index is 64.0. The standard InChI is InChI=1S/C4H3O.Na/c1-2-4-5-3-1;/h1-3H;/q-1;+1. The molecule has 1 aromatic rings. The van der Waals surface area contributed by atoms with Crippen molar-refractivity contribution in [2.24, 2.45) is 0 Å². The van der Waals surface area contributed by atoms with Crippen LogP contribution in [0, 0.1) is 6.26 Å². The van der Waals surface area contributed by atoms with Crippen LogP contribution in [0.3, 0.4) is 0 Å². The second kappa shape index (κ2) is 3.47. The monoisotopic (exact) mass is 90.0 g/mol. The Balaban J connectivity index is 0.000000250. The number of hydrogen-bond acceptors (Lipinski definition) is 1. The van der Waals surface area contributed by atoms with Gasteiger partial charge in [-0.15, -0.1) is 6.07 Å². The molecule has 0 spiro atoms. The van der Waals surface area contributed by atoms with Gasteiger partial charge >= 0.3 is 29.6 Å². The van der Waals surface area contributed by atoms with Crippen molar-refractivity contribution in [3.63, 3.8) is 0 Å². The molecule has 0 unspecified atom stereocenters. The molecule has 0 aliphatic rings. The van der Waals surface area contributed by atoms with Gasteiger partial charge in [-0.2, -0.15) is 6.07 Å². The predicted molar refractivity (Wildman–Crippen MR) is 17.5 cm³/mol. The van der Waals surface area contributed by atoms with Crippen molar-refractivity contribution in [2.75, 3.05) is 0 Å². The molecule has 0 aliphatic carbocycles. The fourth-order valence-electron chi connectivity index (χ4n) is 0.196. The van der Waals surface area contributed by atoms with Crippen LogP contribution in [0.25, 0.3) is 0 Å². The topological polar surface area (TPSA) is 13.1 Å². The van der Waals surface area contributed by atoms with Crippen molar-refractivity contribution >= 4 is 0 Å². The first-order valence-corrected chi connectivity index (χ1v) is 1.40. The fraction of sp³-hybridized carbons (Fsp3) is 0. The summed E-state index contributed by atoms with van der Waals surface area (Å²) in [5.74, 6) is 0. The molecule has 0 amide bonds. The third kappa shape index (κ3) is 1.65. The average Bonchev–Trinajstić information content (AvgIpc) is 1.76. The molecule has 0 aliphatic heterocycles. The van der Waals surface area contributed by atoms with Crippen LogP contribution >= 0.6 is 0 Å². The molecule has 0 saturated heterocycles. The normalized spacial score (nSPS) is 6.67. The first-order valence-electron chi connectivity index (χ1n) is 1.40. The van der Waals surface area contributed by atoms with Crippen LogP contribution in [0.5, 0.6) is 0 Å². The SMILES string of the molecule is [Na+].[c-]1ccco1. The molecule has 1 heterocycles. The van der Waals surface area contributed by atoms with E-state index in [9.17, 15) is 0 Å². The van der Waals surface area contributed by atoms with E-state index in [0.29, 0.717) is 0 Å². The van der Waals surface area contributed by atoms with Crippen LogP contribution < -0.4 is 29.6 Å². The zero-order valence-electron chi connectivity index (χ0n) is 3.64. The maximum absolute atomic E-state index is 4.46. The molecule has 0 aromatic carbocycles. The summed E-state index contributed by atoms with van der Waals surface area (Å²) >= 11 is 0. The summed E-state index contributed by atoms with van der Waals surface area (Å²) < 4.78 is 4.46. The van der Waals surface area contributed by atoms with E-state index in [1.54, 1.807) is 18.4 Å². The van der Waals surface area contributed by atoms with Gasteiger partial charge in [0.05, 0.1) is 0 Å². The second-order valence-corrected chi connectivity index (χ2v) is 0.731. The summed E-state index contributed by atoms with van der Waals surface area (Å²) in [6.07, 6.45) is 4.06. The molecule has 6 heavy (non-hydrogen) atoms. The molecule has 0 radical (unpaired) electrons. The molecule has 0 fully saturated rings. The number of hydrogen-bond donors (Lipinski definition) is 0. The summed E-state index contributed by atoms with van der Waals surface area (Å²) in [6, 6.07) is 3.49. The molecule has 0 saturated carbocycles. The van der Waals surface area contributed by atoms with Gasteiger partial charge in [-0.05, 0) is 6.26 Å². The molecule has 2 heteroatoms. The van der Waals surface area contributed by atoms with Crippen LogP contribution in [0.4, 0.5) is 0 Å². The van der Waals surface area contributed by atoms with E-state index in [2.05, 4.69) is 10.7 Å². The zero-order chi connectivity index (χ0) is 3.54. The minimum Gasteiger partial charge on any atom is -0.599 e. The Morgan fingerprint density at radius 3 is 2.50 bits per heavy atom. The number of furan rings is 1. The number of rotatable bonds is 0. The van der Waals surface area contributed by atoms with Crippen LogP contribution in [0.2, 0.25) is 0 Å². The molecular formula is C4H3NaO. The maximum atomic E-state index is 4.46. The van der Waals surface area contributed by atoms with Crippen molar-refractivity contribution < 1.29 is 34.0 Å². The van der Waals surface area contributed by atoms with Crippen LogP contribution in [0.15, 0.2) is 22.8 Å². The van der Waals surface area contributed by atoms with E-state index in [-0.39, 0.29) is 29.6 Å². The second-order valence-electron chi connectivity index (χ2n) is 0.731. The van der Waals surface area contributed by atoms with Crippen molar-refractivity contribution in [3.05, 3.63) is 24.7 Å². The van der Waals surface area contributed by atoms with Crippen molar-refractivity contribution in [3.8, 4) is 0 Å². The van der Waals surface area contributed by atoms with Crippen molar-refractivity contribution in [1.82, 2.24) is 0 Å². The zero-order valence-corrected chi connectivity index (χ0v) is 5.64. The van der Waals surface area contributed by atoms with Gasteiger partial charge in [0, 0.05) is 0 Å². The Hall–Kier alpha value is 0.280. The Labute approximate surface area is 58.6 Å². The molecule has 1 nitrogen and oxygen atoms in total. The average molecular weight is 90.1 g/mol. The summed E-state index contributed by atoms with van der Waals surface area (Å²) in [6.45, 7) is 0. The van der Waals surface area contributed by atoms with Gasteiger partial charge < -0.3 is 4.42 Å². The fourth-order valence-corrected chi connectivity index (χ4v) is 0.196. The summed E-state index contributed by atoms with van der Waals surface area (Å²) in [5.41, 5.74) is 0. The van der Waals surface area contributed by atoms with E-state index in [1.807, 2.05) is 0 Å². The quantitative estimate of drug-likeness (QED) is 0.267. The molecule has 1 rings (SSSR count). The van der Waals surface area contributed by atoms with Gasteiger partial charge in [-0.3, -0.25) is 0 Å². The third-order valence-corrected chi connectivity index (χ3v) is 0.379. The summed E-state index contributed by atoms with van der Waals surface area (Å²) in [4.78, 5) is 0. The minimum atomic E-state index is 0. The van der Waals surface area contributed by atoms with Gasteiger partial charge in [0.25, 0.3) is 0 Å². The van der Waals surface area contributed by atoms with E-state index >= 15 is 0 Å². The molecular weight excluding hydrogens is 87.0 g/mol. The largest absolute Gasteiger partial charge is 1.00 e. The van der Waals surface area contributed by atoms with Gasteiger partial charge in [0.15, 0.2) is 0 Å². The van der Waals surface area contributed by atoms with Crippen LogP contribution in [-0.4, -0.2) is 0 Å². The Kier molecular flexibility index (Phi) is 3.63. The summed E-state index contributed by atoms with van der Waals surface area (Å²) in [5, 5.41) is 0. The molecule has 0 N–H and O–H groups in total.